The third-order valence-corrected chi connectivity index (χ3v) is 6.92. The summed E-state index contributed by atoms with van der Waals surface area (Å²) in [6.45, 7) is 3.70. The van der Waals surface area contributed by atoms with E-state index in [4.69, 9.17) is 19.5 Å². The molecule has 2 heterocycles. The van der Waals surface area contributed by atoms with Crippen molar-refractivity contribution >= 4 is 23.2 Å². The number of amides is 1. The Morgan fingerprint density at radius 2 is 1.83 bits per heavy atom. The van der Waals surface area contributed by atoms with Gasteiger partial charge in [-0.2, -0.15) is 18.4 Å². The van der Waals surface area contributed by atoms with Gasteiger partial charge in [0.2, 0.25) is 0 Å². The molecule has 212 valence electrons. The van der Waals surface area contributed by atoms with Crippen molar-refractivity contribution in [1.82, 2.24) is 4.90 Å². The number of rotatable bonds is 7. The van der Waals surface area contributed by atoms with Crippen molar-refractivity contribution in [3.8, 4) is 23.3 Å². The summed E-state index contributed by atoms with van der Waals surface area (Å²) in [7, 11) is 1.36. The average molecular weight is 568 g/mol. The third-order valence-electron chi connectivity index (χ3n) is 6.92. The summed E-state index contributed by atoms with van der Waals surface area (Å²) in [6.07, 6.45) is -3.24. The molecule has 0 spiro atoms. The number of benzene rings is 3. The molecule has 0 aromatic heterocycles. The monoisotopic (exact) mass is 567 g/mol. The molecular formula is C30H25F4N3O4. The average Bonchev–Trinajstić information content (AvgIpc) is 3.23. The number of alkyl halides is 3. The van der Waals surface area contributed by atoms with Gasteiger partial charge in [-0.25, -0.2) is 4.39 Å². The summed E-state index contributed by atoms with van der Waals surface area (Å²) in [5.41, 5.74) is -0.0653. The van der Waals surface area contributed by atoms with Crippen molar-refractivity contribution in [2.45, 2.75) is 6.18 Å². The van der Waals surface area contributed by atoms with Crippen LogP contribution in [0.15, 0.2) is 54.6 Å². The van der Waals surface area contributed by atoms with E-state index in [-0.39, 0.29) is 34.1 Å². The highest BCUT2D eigenvalue weighted by Gasteiger charge is 2.36. The Hall–Kier alpha value is -4.40. The van der Waals surface area contributed by atoms with Crippen molar-refractivity contribution in [2.24, 2.45) is 0 Å². The van der Waals surface area contributed by atoms with Gasteiger partial charge in [0.05, 0.1) is 48.8 Å². The summed E-state index contributed by atoms with van der Waals surface area (Å²) in [6, 6.07) is 13.6. The molecule has 0 atom stereocenters. The number of methoxy groups -OCH3 is 1. The van der Waals surface area contributed by atoms with E-state index >= 15 is 4.39 Å². The number of carbonyl (C=O) groups is 1. The maximum absolute atomic E-state index is 15.1. The Kier molecular flexibility index (Phi) is 7.97. The van der Waals surface area contributed by atoms with Gasteiger partial charge in [0.15, 0.2) is 0 Å². The van der Waals surface area contributed by atoms with Gasteiger partial charge >= 0.3 is 6.18 Å². The third kappa shape index (κ3) is 5.89. The molecule has 0 saturated carbocycles. The molecule has 3 aromatic rings. The molecule has 0 bridgehead atoms. The first kappa shape index (κ1) is 28.1. The number of nitriles is 1. The van der Waals surface area contributed by atoms with Crippen LogP contribution in [-0.4, -0.2) is 57.3 Å². The van der Waals surface area contributed by atoms with Crippen molar-refractivity contribution < 1.29 is 36.6 Å². The summed E-state index contributed by atoms with van der Waals surface area (Å²) in [5, 5.41) is 8.99. The normalized spacial score (nSPS) is 16.5. The van der Waals surface area contributed by atoms with Gasteiger partial charge in [0, 0.05) is 43.4 Å². The number of halogens is 4. The fourth-order valence-corrected chi connectivity index (χ4v) is 4.85. The standard InChI is InChI=1S/C30H25F4N3O4/c1-39-27-17-21(41-26-8-5-19(18-35)15-23(26)30(32,33)34)7-6-20(27)16-22-28-24(31)3-2-4-25(28)37(29(22)38)10-9-36-11-13-40-14-12-36/h2-8,15-17H,9-14H2,1H3. The molecule has 2 aliphatic heterocycles. The molecule has 2 aliphatic rings. The zero-order valence-corrected chi connectivity index (χ0v) is 22.0. The Labute approximate surface area is 233 Å². The van der Waals surface area contributed by atoms with E-state index in [1.807, 2.05) is 0 Å². The van der Waals surface area contributed by atoms with Crippen molar-refractivity contribution in [2.75, 3.05) is 51.4 Å². The fraction of sp³-hybridized carbons (Fsp3) is 0.267. The second-order valence-corrected chi connectivity index (χ2v) is 9.43. The largest absolute Gasteiger partial charge is 0.496 e. The molecule has 41 heavy (non-hydrogen) atoms. The van der Waals surface area contributed by atoms with E-state index in [2.05, 4.69) is 4.90 Å². The minimum Gasteiger partial charge on any atom is -0.496 e. The summed E-state index contributed by atoms with van der Waals surface area (Å²) < 4.78 is 72.2. The van der Waals surface area contributed by atoms with E-state index < -0.39 is 23.3 Å². The number of anilines is 1. The van der Waals surface area contributed by atoms with Gasteiger partial charge in [0.25, 0.3) is 5.91 Å². The second-order valence-electron chi connectivity index (χ2n) is 9.43. The van der Waals surface area contributed by atoms with Crippen LogP contribution < -0.4 is 14.4 Å². The van der Waals surface area contributed by atoms with Crippen molar-refractivity contribution in [3.05, 3.63) is 82.7 Å². The van der Waals surface area contributed by atoms with Crippen molar-refractivity contribution in [1.29, 1.82) is 5.26 Å². The quantitative estimate of drug-likeness (QED) is 0.268. The van der Waals surface area contributed by atoms with Crippen LogP contribution >= 0.6 is 0 Å². The lowest BCUT2D eigenvalue weighted by Crippen LogP contribution is -2.42. The zero-order valence-electron chi connectivity index (χ0n) is 22.0. The molecule has 1 saturated heterocycles. The van der Waals surface area contributed by atoms with E-state index in [9.17, 15) is 18.0 Å². The van der Waals surface area contributed by atoms with Gasteiger partial charge < -0.3 is 19.1 Å². The lowest BCUT2D eigenvalue weighted by atomic mass is 10.0. The van der Waals surface area contributed by atoms with E-state index in [0.29, 0.717) is 43.6 Å². The van der Waals surface area contributed by atoms with Gasteiger partial charge in [-0.1, -0.05) is 6.07 Å². The molecule has 0 N–H and O–H groups in total. The molecule has 0 radical (unpaired) electrons. The number of morpholine rings is 1. The predicted molar refractivity (Wildman–Crippen MR) is 143 cm³/mol. The molecule has 3 aromatic carbocycles. The van der Waals surface area contributed by atoms with Gasteiger partial charge in [-0.15, -0.1) is 0 Å². The van der Waals surface area contributed by atoms with Crippen LogP contribution in [-0.2, 0) is 15.7 Å². The van der Waals surface area contributed by atoms with Crippen molar-refractivity contribution in [3.63, 3.8) is 0 Å². The first-order valence-corrected chi connectivity index (χ1v) is 12.8. The highest BCUT2D eigenvalue weighted by Crippen LogP contribution is 2.42. The zero-order chi connectivity index (χ0) is 29.1. The number of fused-ring (bicyclic) bond motifs is 1. The van der Waals surface area contributed by atoms with Crippen LogP contribution in [0, 0.1) is 17.1 Å². The molecule has 7 nitrogen and oxygen atoms in total. The van der Waals surface area contributed by atoms with Crippen LogP contribution in [0.2, 0.25) is 0 Å². The number of hydrogen-bond acceptors (Lipinski definition) is 6. The smallest absolute Gasteiger partial charge is 0.420 e. The van der Waals surface area contributed by atoms with Crippen LogP contribution in [0.5, 0.6) is 17.2 Å². The summed E-state index contributed by atoms with van der Waals surface area (Å²) in [4.78, 5) is 17.3. The molecule has 0 unspecified atom stereocenters. The van der Waals surface area contributed by atoms with Crippen LogP contribution in [0.4, 0.5) is 23.2 Å². The lowest BCUT2D eigenvalue weighted by Gasteiger charge is -2.28. The molecule has 5 rings (SSSR count). The van der Waals surface area contributed by atoms with E-state index in [1.165, 1.54) is 43.5 Å². The molecule has 0 aliphatic carbocycles. The number of ether oxygens (including phenoxy) is 3. The van der Waals surface area contributed by atoms with E-state index in [1.54, 1.807) is 23.1 Å². The fourth-order valence-electron chi connectivity index (χ4n) is 4.85. The predicted octanol–water partition coefficient (Wildman–Crippen LogP) is 5.74. The maximum Gasteiger partial charge on any atom is 0.420 e. The topological polar surface area (TPSA) is 75.0 Å². The Bertz CT molecular complexity index is 1540. The number of nitrogens with zero attached hydrogens (tertiary/aromatic N) is 3. The highest BCUT2D eigenvalue weighted by molar-refractivity contribution is 6.36. The minimum absolute atomic E-state index is 0.0377. The molecule has 1 amide bonds. The van der Waals surface area contributed by atoms with Crippen LogP contribution in [0.3, 0.4) is 0 Å². The van der Waals surface area contributed by atoms with Crippen LogP contribution in [0.1, 0.15) is 22.3 Å². The molecule has 1 fully saturated rings. The van der Waals surface area contributed by atoms with Gasteiger partial charge in [-0.05, 0) is 48.5 Å². The van der Waals surface area contributed by atoms with Crippen LogP contribution in [0.25, 0.3) is 11.6 Å². The summed E-state index contributed by atoms with van der Waals surface area (Å²) >= 11 is 0. The highest BCUT2D eigenvalue weighted by atomic mass is 19.4. The molecule has 11 heteroatoms. The maximum atomic E-state index is 15.1. The first-order chi connectivity index (χ1) is 19.7. The van der Waals surface area contributed by atoms with Gasteiger partial charge in [-0.3, -0.25) is 9.69 Å². The Balaban J connectivity index is 1.45. The Morgan fingerprint density at radius 3 is 2.54 bits per heavy atom. The number of carbonyl (C=O) groups excluding carboxylic acids is 1. The lowest BCUT2D eigenvalue weighted by molar-refractivity contribution is -0.138. The molecular weight excluding hydrogens is 542 g/mol. The first-order valence-electron chi connectivity index (χ1n) is 12.8. The Morgan fingerprint density at radius 1 is 1.05 bits per heavy atom. The summed E-state index contributed by atoms with van der Waals surface area (Å²) in [5.74, 6) is -1.16. The SMILES string of the molecule is COc1cc(Oc2ccc(C#N)cc2C(F)(F)F)ccc1C=C1C(=O)N(CCN2CCOCC2)c2cccc(F)c21. The van der Waals surface area contributed by atoms with Gasteiger partial charge in [0.1, 0.15) is 23.1 Å². The second kappa shape index (κ2) is 11.6. The van der Waals surface area contributed by atoms with E-state index in [0.717, 1.165) is 19.2 Å². The minimum atomic E-state index is -4.75. The number of hydrogen-bond donors (Lipinski definition) is 0.